The molecule has 0 aliphatic rings. The summed E-state index contributed by atoms with van der Waals surface area (Å²) in [6, 6.07) is 6.58. The Balaban J connectivity index is 1.78. The SMILES string of the molecule is Cn1cc(-c2cc3[nH]ncc3cc2Oc2ccc(F)cc2F)c2nccn2c1=O. The maximum Gasteiger partial charge on any atom is 0.333 e. The van der Waals surface area contributed by atoms with Gasteiger partial charge in [0.1, 0.15) is 17.2 Å². The maximum atomic E-state index is 14.2. The highest BCUT2D eigenvalue weighted by molar-refractivity contribution is 5.91. The van der Waals surface area contributed by atoms with Gasteiger partial charge in [0.25, 0.3) is 0 Å². The average molecular weight is 393 g/mol. The summed E-state index contributed by atoms with van der Waals surface area (Å²) in [5.41, 5.74) is 2.07. The van der Waals surface area contributed by atoms with Crippen LogP contribution >= 0.6 is 0 Å². The smallest absolute Gasteiger partial charge is 0.333 e. The van der Waals surface area contributed by atoms with E-state index in [1.807, 2.05) is 0 Å². The number of ether oxygens (including phenoxy) is 1. The van der Waals surface area contributed by atoms with E-state index in [4.69, 9.17) is 4.74 Å². The summed E-state index contributed by atoms with van der Waals surface area (Å²) in [5, 5.41) is 7.65. The number of nitrogens with one attached hydrogen (secondary N) is 1. The molecule has 0 saturated heterocycles. The molecule has 0 radical (unpaired) electrons. The van der Waals surface area contributed by atoms with Crippen LogP contribution in [0.2, 0.25) is 0 Å². The average Bonchev–Trinajstić information content (AvgIpc) is 3.35. The zero-order valence-electron chi connectivity index (χ0n) is 15.1. The van der Waals surface area contributed by atoms with Gasteiger partial charge < -0.3 is 9.30 Å². The van der Waals surface area contributed by atoms with Gasteiger partial charge in [0.05, 0.1) is 11.7 Å². The number of rotatable bonds is 3. The number of hydrogen-bond acceptors (Lipinski definition) is 4. The number of aromatic nitrogens is 5. The van der Waals surface area contributed by atoms with Gasteiger partial charge in [0.2, 0.25) is 0 Å². The van der Waals surface area contributed by atoms with E-state index in [1.165, 1.54) is 21.2 Å². The second kappa shape index (κ2) is 6.26. The first kappa shape index (κ1) is 17.1. The summed E-state index contributed by atoms with van der Waals surface area (Å²) in [6.07, 6.45) is 6.33. The molecular formula is C20H13F2N5O2. The molecule has 2 aromatic carbocycles. The minimum atomic E-state index is -0.824. The predicted octanol–water partition coefficient (Wildman–Crippen LogP) is 3.65. The minimum absolute atomic E-state index is 0.125. The molecule has 0 atom stereocenters. The molecule has 0 fully saturated rings. The topological polar surface area (TPSA) is 77.2 Å². The molecule has 3 aromatic heterocycles. The molecule has 0 aliphatic carbocycles. The molecule has 0 saturated carbocycles. The number of hydrogen-bond donors (Lipinski definition) is 1. The van der Waals surface area contributed by atoms with Gasteiger partial charge in [-0.2, -0.15) is 5.10 Å². The number of nitrogens with zero attached hydrogens (tertiary/aromatic N) is 4. The Morgan fingerprint density at radius 2 is 1.97 bits per heavy atom. The highest BCUT2D eigenvalue weighted by Crippen LogP contribution is 2.38. The summed E-state index contributed by atoms with van der Waals surface area (Å²) in [5.74, 6) is -1.33. The van der Waals surface area contributed by atoms with Gasteiger partial charge in [0.15, 0.2) is 11.6 Å². The van der Waals surface area contributed by atoms with Crippen molar-refractivity contribution in [3.63, 3.8) is 0 Å². The fourth-order valence-electron chi connectivity index (χ4n) is 3.27. The van der Waals surface area contributed by atoms with Gasteiger partial charge in [-0.1, -0.05) is 0 Å². The fourth-order valence-corrected chi connectivity index (χ4v) is 3.27. The Morgan fingerprint density at radius 1 is 1.10 bits per heavy atom. The maximum absolute atomic E-state index is 14.2. The van der Waals surface area contributed by atoms with E-state index >= 15 is 0 Å². The first-order valence-corrected chi connectivity index (χ1v) is 8.64. The van der Waals surface area contributed by atoms with Crippen LogP contribution in [0.25, 0.3) is 27.7 Å². The van der Waals surface area contributed by atoms with Crippen molar-refractivity contribution < 1.29 is 13.5 Å². The Bertz CT molecular complexity index is 1450. The van der Waals surface area contributed by atoms with Crippen molar-refractivity contribution >= 4 is 16.6 Å². The Hall–Kier alpha value is -4.01. The molecule has 144 valence electrons. The van der Waals surface area contributed by atoms with Crippen molar-refractivity contribution in [2.24, 2.45) is 7.05 Å². The molecule has 9 heteroatoms. The molecule has 0 bridgehead atoms. The van der Waals surface area contributed by atoms with E-state index in [9.17, 15) is 13.6 Å². The zero-order valence-corrected chi connectivity index (χ0v) is 15.1. The second-order valence-corrected chi connectivity index (χ2v) is 6.54. The standard InChI is InChI=1S/C20H13F2N5O2/c1-26-10-14(19-23-4-5-27(19)20(26)28)13-8-16-11(9-24-25-16)6-18(13)29-17-3-2-12(21)7-15(17)22/h2-10H,1H3,(H,24,25). The summed E-state index contributed by atoms with van der Waals surface area (Å²) in [6.45, 7) is 0. The molecule has 0 unspecified atom stereocenters. The first-order valence-electron chi connectivity index (χ1n) is 8.64. The number of halogens is 2. The number of fused-ring (bicyclic) bond motifs is 2. The van der Waals surface area contributed by atoms with Crippen molar-refractivity contribution in [3.05, 3.63) is 77.2 Å². The van der Waals surface area contributed by atoms with E-state index < -0.39 is 11.6 Å². The minimum Gasteiger partial charge on any atom is -0.454 e. The summed E-state index contributed by atoms with van der Waals surface area (Å²) < 4.78 is 36.1. The fraction of sp³-hybridized carbons (Fsp3) is 0.0500. The van der Waals surface area contributed by atoms with Crippen molar-refractivity contribution in [3.8, 4) is 22.6 Å². The highest BCUT2D eigenvalue weighted by Gasteiger charge is 2.18. The molecule has 29 heavy (non-hydrogen) atoms. The van der Waals surface area contributed by atoms with Crippen LogP contribution in [-0.2, 0) is 7.05 Å². The third-order valence-corrected chi connectivity index (χ3v) is 4.66. The van der Waals surface area contributed by atoms with Crippen molar-refractivity contribution in [2.75, 3.05) is 0 Å². The molecule has 7 nitrogen and oxygen atoms in total. The van der Waals surface area contributed by atoms with Crippen LogP contribution in [-0.4, -0.2) is 24.1 Å². The number of aromatic amines is 1. The lowest BCUT2D eigenvalue weighted by molar-refractivity contribution is 0.439. The van der Waals surface area contributed by atoms with Crippen LogP contribution in [0.15, 0.2) is 59.9 Å². The Labute approximate surface area is 161 Å². The van der Waals surface area contributed by atoms with Crippen LogP contribution in [0.1, 0.15) is 0 Å². The Morgan fingerprint density at radius 3 is 2.79 bits per heavy atom. The molecule has 3 heterocycles. The third kappa shape index (κ3) is 2.75. The van der Waals surface area contributed by atoms with Crippen LogP contribution in [0.3, 0.4) is 0 Å². The van der Waals surface area contributed by atoms with Gasteiger partial charge in [-0.05, 0) is 24.3 Å². The van der Waals surface area contributed by atoms with E-state index in [2.05, 4.69) is 15.2 Å². The molecule has 0 amide bonds. The number of aryl methyl sites for hydroxylation is 1. The van der Waals surface area contributed by atoms with Crippen LogP contribution in [0.4, 0.5) is 8.78 Å². The summed E-state index contributed by atoms with van der Waals surface area (Å²) >= 11 is 0. The highest BCUT2D eigenvalue weighted by atomic mass is 19.1. The van der Waals surface area contributed by atoms with Crippen LogP contribution in [0.5, 0.6) is 11.5 Å². The van der Waals surface area contributed by atoms with E-state index in [-0.39, 0.29) is 11.4 Å². The molecule has 5 aromatic rings. The van der Waals surface area contributed by atoms with Crippen molar-refractivity contribution in [2.45, 2.75) is 0 Å². The second-order valence-electron chi connectivity index (χ2n) is 6.54. The molecule has 0 aliphatic heterocycles. The number of benzene rings is 2. The molecule has 1 N–H and O–H groups in total. The van der Waals surface area contributed by atoms with Gasteiger partial charge in [0, 0.05) is 48.2 Å². The quantitative estimate of drug-likeness (QED) is 0.508. The van der Waals surface area contributed by atoms with Gasteiger partial charge in [-0.15, -0.1) is 0 Å². The van der Waals surface area contributed by atoms with E-state index in [0.29, 0.717) is 22.5 Å². The zero-order chi connectivity index (χ0) is 20.1. The summed E-state index contributed by atoms with van der Waals surface area (Å²) in [4.78, 5) is 16.6. The van der Waals surface area contributed by atoms with E-state index in [1.54, 1.807) is 37.8 Å². The van der Waals surface area contributed by atoms with Crippen LogP contribution < -0.4 is 10.4 Å². The normalized spacial score (nSPS) is 11.4. The monoisotopic (exact) mass is 393 g/mol. The molecule has 5 rings (SSSR count). The van der Waals surface area contributed by atoms with Crippen molar-refractivity contribution in [1.82, 2.24) is 24.1 Å². The third-order valence-electron chi connectivity index (χ3n) is 4.66. The Kier molecular flexibility index (Phi) is 3.70. The number of H-pyrrole nitrogens is 1. The van der Waals surface area contributed by atoms with Gasteiger partial charge >= 0.3 is 5.69 Å². The number of imidazole rings is 1. The van der Waals surface area contributed by atoms with Gasteiger partial charge in [-0.25, -0.2) is 18.6 Å². The largest absolute Gasteiger partial charge is 0.454 e. The lowest BCUT2D eigenvalue weighted by Crippen LogP contribution is -2.23. The predicted molar refractivity (Wildman–Crippen MR) is 102 cm³/mol. The van der Waals surface area contributed by atoms with Crippen LogP contribution in [0, 0.1) is 11.6 Å². The lowest BCUT2D eigenvalue weighted by Gasteiger charge is -2.14. The lowest BCUT2D eigenvalue weighted by atomic mass is 10.0. The molecule has 0 spiro atoms. The summed E-state index contributed by atoms with van der Waals surface area (Å²) in [7, 11) is 1.63. The van der Waals surface area contributed by atoms with Gasteiger partial charge in [-0.3, -0.25) is 9.50 Å². The molecular weight excluding hydrogens is 380 g/mol. The van der Waals surface area contributed by atoms with Crippen molar-refractivity contribution in [1.29, 1.82) is 0 Å². The van der Waals surface area contributed by atoms with E-state index in [0.717, 1.165) is 23.0 Å². The first-order chi connectivity index (χ1) is 14.0.